The van der Waals surface area contributed by atoms with Crippen molar-refractivity contribution in [3.63, 3.8) is 0 Å². The van der Waals surface area contributed by atoms with Crippen LogP contribution in [0.1, 0.15) is 28.5 Å². The zero-order valence-electron chi connectivity index (χ0n) is 20.4. The third-order valence-corrected chi connectivity index (χ3v) is 6.14. The predicted molar refractivity (Wildman–Crippen MR) is 137 cm³/mol. The molecule has 5 rings (SSSR count). The first-order valence-corrected chi connectivity index (χ1v) is 12.2. The molecule has 37 heavy (non-hydrogen) atoms. The van der Waals surface area contributed by atoms with Gasteiger partial charge in [-0.15, -0.1) is 0 Å². The zero-order chi connectivity index (χ0) is 25.5. The molecular weight excluding hydrogens is 474 g/mol. The van der Waals surface area contributed by atoms with Gasteiger partial charge in [-0.3, -0.25) is 4.90 Å². The van der Waals surface area contributed by atoms with Crippen molar-refractivity contribution in [3.8, 4) is 11.6 Å². The first-order valence-electron chi connectivity index (χ1n) is 12.2. The van der Waals surface area contributed by atoms with Crippen LogP contribution in [0.4, 0.5) is 0 Å². The fourth-order valence-corrected chi connectivity index (χ4v) is 4.06. The lowest BCUT2D eigenvalue weighted by atomic mass is 10.1. The minimum absolute atomic E-state index is 0.123. The Morgan fingerprint density at radius 3 is 2.57 bits per heavy atom. The van der Waals surface area contributed by atoms with E-state index in [0.717, 1.165) is 24.2 Å². The van der Waals surface area contributed by atoms with E-state index in [-0.39, 0.29) is 18.2 Å². The Labute approximate surface area is 214 Å². The van der Waals surface area contributed by atoms with Crippen LogP contribution in [0, 0.1) is 0 Å². The molecule has 3 heterocycles. The van der Waals surface area contributed by atoms with Crippen LogP contribution < -0.4 is 10.5 Å². The smallest absolute Gasteiger partial charge is 0.422 e. The van der Waals surface area contributed by atoms with Crippen LogP contribution in [0.25, 0.3) is 12.2 Å². The summed E-state index contributed by atoms with van der Waals surface area (Å²) in [5.41, 5.74) is 2.63. The highest BCUT2D eigenvalue weighted by Gasteiger charge is 2.18. The van der Waals surface area contributed by atoms with Crippen LogP contribution >= 0.6 is 0 Å². The monoisotopic (exact) mass is 503 g/mol. The molecule has 0 atom stereocenters. The standard InChI is InChI=1S/C28H29N3O6/c32-27-25(37-28(33)31(27)13-12-30-14-16-34-17-15-30)18-22-6-9-24(10-7-22)35-19-23-20-36-26(29-23)11-8-21-4-2-1-3-5-21/h1-11,20,32H,12-19H2. The summed E-state index contributed by atoms with van der Waals surface area (Å²) in [6.45, 7) is 4.29. The van der Waals surface area contributed by atoms with Crippen molar-refractivity contribution < 1.29 is 23.4 Å². The molecule has 0 radical (unpaired) electrons. The van der Waals surface area contributed by atoms with E-state index in [9.17, 15) is 9.90 Å². The molecule has 0 saturated carbocycles. The summed E-state index contributed by atoms with van der Waals surface area (Å²) < 4.78 is 23.3. The van der Waals surface area contributed by atoms with Gasteiger partial charge in [-0.1, -0.05) is 42.5 Å². The van der Waals surface area contributed by atoms with Crippen molar-refractivity contribution in [1.82, 2.24) is 14.5 Å². The molecule has 9 heteroatoms. The van der Waals surface area contributed by atoms with E-state index in [1.54, 1.807) is 6.26 Å². The highest BCUT2D eigenvalue weighted by Crippen LogP contribution is 2.22. The van der Waals surface area contributed by atoms with Crippen molar-refractivity contribution in [2.45, 2.75) is 19.6 Å². The van der Waals surface area contributed by atoms with Crippen LogP contribution in [0.3, 0.4) is 0 Å². The van der Waals surface area contributed by atoms with Crippen molar-refractivity contribution >= 4 is 12.2 Å². The topological polar surface area (TPSA) is 103 Å². The summed E-state index contributed by atoms with van der Waals surface area (Å²) >= 11 is 0. The molecule has 0 unspecified atom stereocenters. The molecule has 1 fully saturated rings. The molecule has 1 aliphatic rings. The van der Waals surface area contributed by atoms with E-state index in [0.29, 0.717) is 50.1 Å². The van der Waals surface area contributed by atoms with Gasteiger partial charge in [0.15, 0.2) is 5.76 Å². The van der Waals surface area contributed by atoms with Crippen LogP contribution in [-0.2, 0) is 24.3 Å². The summed E-state index contributed by atoms with van der Waals surface area (Å²) in [6, 6.07) is 17.3. The second-order valence-electron chi connectivity index (χ2n) is 8.75. The Balaban J connectivity index is 1.13. The van der Waals surface area contributed by atoms with Crippen LogP contribution in [0.5, 0.6) is 11.6 Å². The average molecular weight is 504 g/mol. The normalized spacial score (nSPS) is 14.4. The average Bonchev–Trinajstić information content (AvgIpc) is 3.50. The summed E-state index contributed by atoms with van der Waals surface area (Å²) in [5, 5.41) is 10.6. The van der Waals surface area contributed by atoms with Gasteiger partial charge in [-0.2, -0.15) is 0 Å². The lowest BCUT2D eigenvalue weighted by Gasteiger charge is -2.26. The maximum absolute atomic E-state index is 12.3. The Morgan fingerprint density at radius 2 is 1.78 bits per heavy atom. The summed E-state index contributed by atoms with van der Waals surface area (Å²) in [5.74, 6) is 0.755. The van der Waals surface area contributed by atoms with E-state index < -0.39 is 5.76 Å². The van der Waals surface area contributed by atoms with E-state index in [2.05, 4.69) is 9.88 Å². The van der Waals surface area contributed by atoms with Gasteiger partial charge in [0.05, 0.1) is 13.2 Å². The lowest BCUT2D eigenvalue weighted by Crippen LogP contribution is -2.38. The van der Waals surface area contributed by atoms with Crippen molar-refractivity contribution in [2.75, 3.05) is 32.8 Å². The van der Waals surface area contributed by atoms with E-state index >= 15 is 0 Å². The first-order chi connectivity index (χ1) is 18.1. The largest absolute Gasteiger partial charge is 0.492 e. The van der Waals surface area contributed by atoms with Gasteiger partial charge >= 0.3 is 5.76 Å². The number of aromatic nitrogens is 2. The van der Waals surface area contributed by atoms with Gasteiger partial charge in [-0.25, -0.2) is 14.3 Å². The molecule has 0 amide bonds. The minimum Gasteiger partial charge on any atom is -0.492 e. The van der Waals surface area contributed by atoms with Gasteiger partial charge in [0, 0.05) is 38.7 Å². The molecule has 1 saturated heterocycles. The molecule has 0 aliphatic carbocycles. The van der Waals surface area contributed by atoms with Gasteiger partial charge in [0.25, 0.3) is 0 Å². The van der Waals surface area contributed by atoms with Crippen LogP contribution in [0.15, 0.2) is 74.5 Å². The molecule has 1 aliphatic heterocycles. The summed E-state index contributed by atoms with van der Waals surface area (Å²) in [6.07, 6.45) is 5.63. The van der Waals surface area contributed by atoms with Gasteiger partial charge < -0.3 is 23.4 Å². The number of morpholine rings is 1. The number of ether oxygens (including phenoxy) is 2. The molecule has 0 bridgehead atoms. The lowest BCUT2D eigenvalue weighted by molar-refractivity contribution is 0.0359. The molecule has 2 aromatic heterocycles. The van der Waals surface area contributed by atoms with E-state index in [1.807, 2.05) is 66.7 Å². The number of nitrogens with zero attached hydrogens (tertiary/aromatic N) is 3. The third-order valence-electron chi connectivity index (χ3n) is 6.14. The van der Waals surface area contributed by atoms with Crippen LogP contribution in [0.2, 0.25) is 0 Å². The molecule has 2 aromatic carbocycles. The highest BCUT2D eigenvalue weighted by molar-refractivity contribution is 5.65. The fourth-order valence-electron chi connectivity index (χ4n) is 4.06. The fraction of sp³-hybridized carbons (Fsp3) is 0.286. The quantitative estimate of drug-likeness (QED) is 0.349. The van der Waals surface area contributed by atoms with Gasteiger partial charge in [0.2, 0.25) is 11.8 Å². The molecule has 192 valence electrons. The summed E-state index contributed by atoms with van der Waals surface area (Å²) in [4.78, 5) is 18.9. The minimum atomic E-state index is -0.550. The molecular formula is C28H29N3O6. The predicted octanol–water partition coefficient (Wildman–Crippen LogP) is 3.81. The number of benzene rings is 2. The maximum Gasteiger partial charge on any atom is 0.422 e. The first kappa shape index (κ1) is 24.6. The number of hydrogen-bond donors (Lipinski definition) is 1. The Morgan fingerprint density at radius 1 is 1.00 bits per heavy atom. The highest BCUT2D eigenvalue weighted by atomic mass is 16.5. The number of oxazole rings is 2. The summed E-state index contributed by atoms with van der Waals surface area (Å²) in [7, 11) is 0. The van der Waals surface area contributed by atoms with E-state index in [4.69, 9.17) is 18.3 Å². The van der Waals surface area contributed by atoms with Gasteiger partial charge in [0.1, 0.15) is 24.3 Å². The number of aromatic hydroxyl groups is 1. The molecule has 4 aromatic rings. The van der Waals surface area contributed by atoms with Crippen molar-refractivity contribution in [3.05, 3.63) is 99.9 Å². The third kappa shape index (κ3) is 6.58. The zero-order valence-corrected chi connectivity index (χ0v) is 20.4. The van der Waals surface area contributed by atoms with Crippen molar-refractivity contribution in [2.24, 2.45) is 0 Å². The second-order valence-corrected chi connectivity index (χ2v) is 8.75. The van der Waals surface area contributed by atoms with E-state index in [1.165, 1.54) is 4.57 Å². The number of rotatable bonds is 10. The molecule has 1 N–H and O–H groups in total. The Bertz CT molecular complexity index is 1370. The number of hydrogen-bond acceptors (Lipinski definition) is 8. The molecule has 9 nitrogen and oxygen atoms in total. The molecule has 0 spiro atoms. The second kappa shape index (κ2) is 11.8. The van der Waals surface area contributed by atoms with Gasteiger partial charge in [-0.05, 0) is 29.3 Å². The van der Waals surface area contributed by atoms with Crippen molar-refractivity contribution in [1.29, 1.82) is 0 Å². The Hall–Kier alpha value is -4.08. The Kier molecular flexibility index (Phi) is 7.83. The maximum atomic E-state index is 12.3. The van der Waals surface area contributed by atoms with Crippen LogP contribution in [-0.4, -0.2) is 52.4 Å². The SMILES string of the molecule is O=c1oc(Cc2ccc(OCc3coc(C=Cc4ccccc4)n3)cc2)c(O)n1CCN1CCOCC1.